The van der Waals surface area contributed by atoms with Gasteiger partial charge in [0.15, 0.2) is 0 Å². The maximum absolute atomic E-state index is 12.7. The largest absolute Gasteiger partial charge is 0.456 e. The van der Waals surface area contributed by atoms with Gasteiger partial charge in [-0.1, -0.05) is 18.5 Å². The number of carbonyl (C=O) groups is 1. The number of halogens is 1. The van der Waals surface area contributed by atoms with Gasteiger partial charge in [-0.15, -0.1) is 0 Å². The molecule has 0 saturated carbocycles. The van der Waals surface area contributed by atoms with Crippen molar-refractivity contribution >= 4 is 38.6 Å². The van der Waals surface area contributed by atoms with Crippen LogP contribution in [0.3, 0.4) is 0 Å². The Labute approximate surface area is 188 Å². The molecule has 1 saturated heterocycles. The van der Waals surface area contributed by atoms with Crippen molar-refractivity contribution in [2.45, 2.75) is 24.8 Å². The highest BCUT2D eigenvalue weighted by Crippen LogP contribution is 2.27. The highest BCUT2D eigenvalue weighted by molar-refractivity contribution is 7.89. The third-order valence-corrected chi connectivity index (χ3v) is 7.45. The molecule has 0 unspecified atom stereocenters. The molecule has 9 nitrogen and oxygen atoms in total. The Balaban J connectivity index is 1.53. The molecule has 3 heterocycles. The molecule has 0 bridgehead atoms. The second-order valence-corrected chi connectivity index (χ2v) is 9.57. The topological polar surface area (TPSA) is 119 Å². The summed E-state index contributed by atoms with van der Waals surface area (Å²) in [6.45, 7) is 2.86. The van der Waals surface area contributed by atoms with Crippen molar-refractivity contribution in [2.24, 2.45) is 0 Å². The molecule has 11 heteroatoms. The molecular weight excluding hydrogens is 460 g/mol. The zero-order valence-corrected chi connectivity index (χ0v) is 18.8. The zero-order chi connectivity index (χ0) is 22.9. The van der Waals surface area contributed by atoms with Crippen LogP contribution in [-0.4, -0.2) is 50.0 Å². The number of nitrogens with one attached hydrogen (secondary N) is 1. The zero-order valence-electron chi connectivity index (χ0n) is 17.2. The smallest absolute Gasteiger partial charge is 0.355 e. The number of benzene rings is 1. The first-order valence-electron chi connectivity index (χ1n) is 9.98. The van der Waals surface area contributed by atoms with E-state index in [2.05, 4.69) is 4.98 Å². The average Bonchev–Trinajstić information content (AvgIpc) is 3.29. The molecule has 4 rings (SSSR count). The van der Waals surface area contributed by atoms with Crippen LogP contribution in [0.2, 0.25) is 5.02 Å². The predicted octanol–water partition coefficient (Wildman–Crippen LogP) is 2.71. The van der Waals surface area contributed by atoms with Crippen molar-refractivity contribution < 1.29 is 27.1 Å². The summed E-state index contributed by atoms with van der Waals surface area (Å²) in [6, 6.07) is 5.83. The van der Waals surface area contributed by atoms with Crippen LogP contribution < -0.4 is 5.63 Å². The summed E-state index contributed by atoms with van der Waals surface area (Å²) in [4.78, 5) is 27.1. The minimum Gasteiger partial charge on any atom is -0.456 e. The lowest BCUT2D eigenvalue weighted by Crippen LogP contribution is -2.40. The molecule has 0 radical (unpaired) electrons. The number of carbonyl (C=O) groups excluding carboxylic acids is 1. The standard InChI is InChI=1S/C21H21ClN2O7S/c1-2-13-7-19-16(10-17(13)22)14(8-20(25)31-19)12-30-21(26)18-9-15(11-23-18)32(27,28)24-3-5-29-6-4-24/h7-11,23H,2-6,12H2,1H3. The fourth-order valence-corrected chi connectivity index (χ4v) is 5.18. The van der Waals surface area contributed by atoms with Crippen LogP contribution in [0.1, 0.15) is 28.5 Å². The number of aryl methyl sites for hydroxylation is 1. The van der Waals surface area contributed by atoms with E-state index < -0.39 is 21.6 Å². The highest BCUT2D eigenvalue weighted by Gasteiger charge is 2.28. The normalized spacial score (nSPS) is 15.2. The fraction of sp³-hybridized carbons (Fsp3) is 0.333. The lowest BCUT2D eigenvalue weighted by Gasteiger charge is -2.25. The first kappa shape index (κ1) is 22.5. The first-order valence-corrected chi connectivity index (χ1v) is 11.8. The maximum atomic E-state index is 12.7. The highest BCUT2D eigenvalue weighted by atomic mass is 35.5. The Morgan fingerprint density at radius 3 is 2.66 bits per heavy atom. The van der Waals surface area contributed by atoms with Gasteiger partial charge in [0, 0.05) is 41.3 Å². The first-order chi connectivity index (χ1) is 15.3. The van der Waals surface area contributed by atoms with Crippen molar-refractivity contribution in [3.05, 3.63) is 62.7 Å². The summed E-state index contributed by atoms with van der Waals surface area (Å²) in [6.07, 6.45) is 1.92. The summed E-state index contributed by atoms with van der Waals surface area (Å²) in [7, 11) is -3.74. The third-order valence-electron chi connectivity index (χ3n) is 5.22. The van der Waals surface area contributed by atoms with E-state index in [9.17, 15) is 18.0 Å². The molecule has 3 aromatic rings. The molecule has 0 amide bonds. The molecule has 1 aromatic carbocycles. The number of hydrogen-bond acceptors (Lipinski definition) is 7. The molecule has 0 atom stereocenters. The molecule has 0 aliphatic carbocycles. The third kappa shape index (κ3) is 4.44. The van der Waals surface area contributed by atoms with E-state index >= 15 is 0 Å². The Bertz CT molecular complexity index is 1320. The number of aromatic amines is 1. The van der Waals surface area contributed by atoms with E-state index in [1.807, 2.05) is 6.92 Å². The van der Waals surface area contributed by atoms with Gasteiger partial charge in [-0.3, -0.25) is 0 Å². The van der Waals surface area contributed by atoms with Gasteiger partial charge in [-0.2, -0.15) is 4.31 Å². The molecule has 1 fully saturated rings. The van der Waals surface area contributed by atoms with Gasteiger partial charge < -0.3 is 18.9 Å². The van der Waals surface area contributed by atoms with E-state index in [-0.39, 0.29) is 30.3 Å². The molecule has 32 heavy (non-hydrogen) atoms. The van der Waals surface area contributed by atoms with E-state index in [0.717, 1.165) is 5.56 Å². The number of fused-ring (bicyclic) bond motifs is 1. The van der Waals surface area contributed by atoms with Gasteiger partial charge in [-0.05, 0) is 30.2 Å². The van der Waals surface area contributed by atoms with Gasteiger partial charge in [0.25, 0.3) is 0 Å². The van der Waals surface area contributed by atoms with Gasteiger partial charge in [0.1, 0.15) is 22.8 Å². The van der Waals surface area contributed by atoms with Gasteiger partial charge >= 0.3 is 11.6 Å². The minimum atomic E-state index is -3.74. The van der Waals surface area contributed by atoms with Crippen LogP contribution in [0.25, 0.3) is 11.0 Å². The molecule has 0 spiro atoms. The van der Waals surface area contributed by atoms with Gasteiger partial charge in [0.05, 0.1) is 13.2 Å². The van der Waals surface area contributed by atoms with E-state index in [1.165, 1.54) is 22.6 Å². The van der Waals surface area contributed by atoms with Crippen molar-refractivity contribution in [1.29, 1.82) is 0 Å². The molecule has 170 valence electrons. The molecule has 2 aromatic heterocycles. The van der Waals surface area contributed by atoms with Crippen molar-refractivity contribution in [3.8, 4) is 0 Å². The predicted molar refractivity (Wildman–Crippen MR) is 116 cm³/mol. The van der Waals surface area contributed by atoms with Gasteiger partial charge in [-0.25, -0.2) is 18.0 Å². The van der Waals surface area contributed by atoms with Crippen LogP contribution in [0.5, 0.6) is 0 Å². The number of hydrogen-bond donors (Lipinski definition) is 1. The average molecular weight is 481 g/mol. The van der Waals surface area contributed by atoms with E-state index in [0.29, 0.717) is 41.2 Å². The van der Waals surface area contributed by atoms with Crippen molar-refractivity contribution in [2.75, 3.05) is 26.3 Å². The lowest BCUT2D eigenvalue weighted by atomic mass is 10.1. The summed E-state index contributed by atoms with van der Waals surface area (Å²) < 4.78 is 42.5. The Kier molecular flexibility index (Phi) is 6.38. The number of esters is 1. The Hall–Kier alpha value is -2.66. The fourth-order valence-electron chi connectivity index (χ4n) is 3.48. The quantitative estimate of drug-likeness (QED) is 0.425. The van der Waals surface area contributed by atoms with Gasteiger partial charge in [0.2, 0.25) is 10.0 Å². The molecular formula is C21H21ClN2O7S. The van der Waals surface area contributed by atoms with Crippen LogP contribution in [-0.2, 0) is 32.5 Å². The molecule has 1 aliphatic rings. The second-order valence-electron chi connectivity index (χ2n) is 7.23. The molecule has 1 N–H and O–H groups in total. The molecule has 1 aliphatic heterocycles. The summed E-state index contributed by atoms with van der Waals surface area (Å²) in [5.41, 5.74) is 1.02. The maximum Gasteiger partial charge on any atom is 0.355 e. The lowest BCUT2D eigenvalue weighted by molar-refractivity contribution is 0.0467. The number of morpholine rings is 1. The van der Waals surface area contributed by atoms with Crippen LogP contribution in [0.15, 0.2) is 44.6 Å². The van der Waals surface area contributed by atoms with Crippen molar-refractivity contribution in [3.63, 3.8) is 0 Å². The summed E-state index contributed by atoms with van der Waals surface area (Å²) in [5.74, 6) is -0.758. The monoisotopic (exact) mass is 480 g/mol. The second kappa shape index (κ2) is 9.07. The number of ether oxygens (including phenoxy) is 2. The SMILES string of the molecule is CCc1cc2oc(=O)cc(COC(=O)c3cc(S(=O)(=O)N4CCOCC4)c[nH]3)c2cc1Cl. The number of H-pyrrole nitrogens is 1. The summed E-state index contributed by atoms with van der Waals surface area (Å²) >= 11 is 6.28. The Morgan fingerprint density at radius 2 is 1.94 bits per heavy atom. The number of sulfonamides is 1. The number of nitrogens with zero attached hydrogens (tertiary/aromatic N) is 1. The van der Waals surface area contributed by atoms with Crippen LogP contribution >= 0.6 is 11.6 Å². The number of aromatic nitrogens is 1. The van der Waals surface area contributed by atoms with Crippen molar-refractivity contribution in [1.82, 2.24) is 9.29 Å². The number of rotatable bonds is 6. The van der Waals surface area contributed by atoms with E-state index in [4.69, 9.17) is 25.5 Å². The Morgan fingerprint density at radius 1 is 1.19 bits per heavy atom. The van der Waals surface area contributed by atoms with E-state index in [1.54, 1.807) is 12.1 Å². The van der Waals surface area contributed by atoms with Crippen LogP contribution in [0, 0.1) is 0 Å². The van der Waals surface area contributed by atoms with Crippen LogP contribution in [0.4, 0.5) is 0 Å². The minimum absolute atomic E-state index is 0.0181. The summed E-state index contributed by atoms with van der Waals surface area (Å²) in [5, 5.41) is 1.07.